The third kappa shape index (κ3) is 8.21. The molecule has 1 fully saturated rings. The molecule has 0 amide bonds. The standard InChI is InChI=1S/C20H36N4O2.HI/c1-7-11-23(12-8-2)18(16(3)4)15-22-20(21-5)24-13-9-17(10-14-24)19(25)26-6;/h7-8,16-18H,1-2,9-15H2,3-6H3,(H,21,22);1H. The number of methoxy groups -OCH3 is 1. The van der Waals surface area contributed by atoms with Crippen LogP contribution in [0.25, 0.3) is 0 Å². The molecule has 7 heteroatoms. The first-order chi connectivity index (χ1) is 12.5. The number of carbonyl (C=O) groups excluding carboxylic acids is 1. The molecular weight excluding hydrogens is 455 g/mol. The van der Waals surface area contributed by atoms with Crippen LogP contribution < -0.4 is 5.32 Å². The Morgan fingerprint density at radius 3 is 2.26 bits per heavy atom. The van der Waals surface area contributed by atoms with E-state index < -0.39 is 0 Å². The molecule has 1 atom stereocenters. The van der Waals surface area contributed by atoms with Gasteiger partial charge in [0.1, 0.15) is 0 Å². The number of esters is 1. The van der Waals surface area contributed by atoms with Crippen molar-refractivity contribution in [3.05, 3.63) is 25.3 Å². The molecule has 0 bridgehead atoms. The van der Waals surface area contributed by atoms with Crippen LogP contribution in [-0.2, 0) is 9.53 Å². The minimum absolute atomic E-state index is 0. The lowest BCUT2D eigenvalue weighted by atomic mass is 9.97. The van der Waals surface area contributed by atoms with Crippen LogP contribution in [-0.4, -0.2) is 74.7 Å². The topological polar surface area (TPSA) is 57.2 Å². The molecule has 0 radical (unpaired) electrons. The van der Waals surface area contributed by atoms with Gasteiger partial charge in [-0.05, 0) is 18.8 Å². The summed E-state index contributed by atoms with van der Waals surface area (Å²) in [5.74, 6) is 1.30. The average Bonchev–Trinajstić information content (AvgIpc) is 2.64. The van der Waals surface area contributed by atoms with E-state index in [0.29, 0.717) is 12.0 Å². The molecule has 0 spiro atoms. The van der Waals surface area contributed by atoms with Crippen LogP contribution in [0.2, 0.25) is 0 Å². The molecule has 1 unspecified atom stereocenters. The van der Waals surface area contributed by atoms with E-state index in [1.54, 1.807) is 0 Å². The lowest BCUT2D eigenvalue weighted by molar-refractivity contribution is -0.146. The first-order valence-electron chi connectivity index (χ1n) is 9.47. The number of guanidine groups is 1. The molecule has 0 aliphatic carbocycles. The second kappa shape index (κ2) is 14.0. The predicted molar refractivity (Wildman–Crippen MR) is 124 cm³/mol. The lowest BCUT2D eigenvalue weighted by Crippen LogP contribution is -2.52. The number of halogens is 1. The van der Waals surface area contributed by atoms with E-state index in [0.717, 1.165) is 51.5 Å². The van der Waals surface area contributed by atoms with Gasteiger partial charge in [-0.3, -0.25) is 14.7 Å². The minimum Gasteiger partial charge on any atom is -0.469 e. The van der Waals surface area contributed by atoms with Crippen LogP contribution in [0.1, 0.15) is 26.7 Å². The molecule has 1 saturated heterocycles. The van der Waals surface area contributed by atoms with Crippen LogP contribution in [0.3, 0.4) is 0 Å². The molecule has 1 aliphatic heterocycles. The highest BCUT2D eigenvalue weighted by Gasteiger charge is 2.28. The second-order valence-corrected chi connectivity index (χ2v) is 7.06. The van der Waals surface area contributed by atoms with Crippen molar-refractivity contribution in [2.75, 3.05) is 46.9 Å². The number of rotatable bonds is 9. The molecule has 1 rings (SSSR count). The van der Waals surface area contributed by atoms with Gasteiger partial charge in [-0.25, -0.2) is 0 Å². The molecule has 27 heavy (non-hydrogen) atoms. The van der Waals surface area contributed by atoms with Gasteiger partial charge in [0, 0.05) is 45.8 Å². The van der Waals surface area contributed by atoms with Crippen LogP contribution in [0.15, 0.2) is 30.3 Å². The van der Waals surface area contributed by atoms with Crippen molar-refractivity contribution in [2.45, 2.75) is 32.7 Å². The molecule has 1 N–H and O–H groups in total. The Morgan fingerprint density at radius 2 is 1.85 bits per heavy atom. The van der Waals surface area contributed by atoms with Crippen LogP contribution in [0.5, 0.6) is 0 Å². The average molecular weight is 492 g/mol. The number of likely N-dealkylation sites (tertiary alicyclic amines) is 1. The zero-order valence-corrected chi connectivity index (χ0v) is 19.6. The highest BCUT2D eigenvalue weighted by atomic mass is 127. The van der Waals surface area contributed by atoms with Gasteiger partial charge < -0.3 is 15.0 Å². The van der Waals surface area contributed by atoms with Crippen molar-refractivity contribution < 1.29 is 9.53 Å². The van der Waals surface area contributed by atoms with Crippen LogP contribution in [0.4, 0.5) is 0 Å². The maximum absolute atomic E-state index is 11.7. The maximum atomic E-state index is 11.7. The number of nitrogens with one attached hydrogen (secondary N) is 1. The SMILES string of the molecule is C=CCN(CC=C)C(CNC(=NC)N1CCC(C(=O)OC)CC1)C(C)C.I. The van der Waals surface area contributed by atoms with Crippen LogP contribution in [0, 0.1) is 11.8 Å². The Hall–Kier alpha value is -1.09. The minimum atomic E-state index is -0.100. The maximum Gasteiger partial charge on any atom is 0.308 e. The summed E-state index contributed by atoms with van der Waals surface area (Å²) in [6, 6.07) is 0.357. The summed E-state index contributed by atoms with van der Waals surface area (Å²) in [6.07, 6.45) is 5.48. The fraction of sp³-hybridized carbons (Fsp3) is 0.700. The normalized spacial score (nSPS) is 16.7. The quantitative estimate of drug-likeness (QED) is 0.176. The van der Waals surface area contributed by atoms with Gasteiger partial charge in [-0.1, -0.05) is 26.0 Å². The highest BCUT2D eigenvalue weighted by molar-refractivity contribution is 14.0. The summed E-state index contributed by atoms with van der Waals surface area (Å²) in [4.78, 5) is 20.7. The lowest BCUT2D eigenvalue weighted by Gasteiger charge is -2.36. The van der Waals surface area contributed by atoms with Crippen molar-refractivity contribution in [3.8, 4) is 0 Å². The second-order valence-electron chi connectivity index (χ2n) is 7.06. The number of carbonyl (C=O) groups is 1. The molecule has 156 valence electrons. The number of hydrogen-bond donors (Lipinski definition) is 1. The first kappa shape index (κ1) is 25.9. The van der Waals surface area contributed by atoms with Gasteiger partial charge in [-0.15, -0.1) is 37.1 Å². The van der Waals surface area contributed by atoms with Gasteiger partial charge in [0.2, 0.25) is 0 Å². The van der Waals surface area contributed by atoms with E-state index in [1.165, 1.54) is 7.11 Å². The number of hydrogen-bond acceptors (Lipinski definition) is 4. The zero-order valence-electron chi connectivity index (χ0n) is 17.3. The number of ether oxygens (including phenoxy) is 1. The van der Waals surface area contributed by atoms with Crippen molar-refractivity contribution in [1.29, 1.82) is 0 Å². The largest absolute Gasteiger partial charge is 0.469 e. The summed E-state index contributed by atoms with van der Waals surface area (Å²) in [7, 11) is 3.27. The third-order valence-electron chi connectivity index (χ3n) is 4.98. The molecule has 1 aliphatic rings. The third-order valence-corrected chi connectivity index (χ3v) is 4.98. The first-order valence-corrected chi connectivity index (χ1v) is 9.47. The Labute approximate surface area is 182 Å². The molecular formula is C20H37IN4O2. The highest BCUT2D eigenvalue weighted by Crippen LogP contribution is 2.18. The summed E-state index contributed by atoms with van der Waals surface area (Å²) in [5, 5.41) is 3.53. The van der Waals surface area contributed by atoms with E-state index in [1.807, 2.05) is 19.2 Å². The molecule has 6 nitrogen and oxygen atoms in total. The Morgan fingerprint density at radius 1 is 1.30 bits per heavy atom. The molecule has 0 aromatic heterocycles. The smallest absolute Gasteiger partial charge is 0.308 e. The van der Waals surface area contributed by atoms with Crippen molar-refractivity contribution in [2.24, 2.45) is 16.8 Å². The van der Waals surface area contributed by atoms with E-state index in [4.69, 9.17) is 4.74 Å². The van der Waals surface area contributed by atoms with Crippen LogP contribution >= 0.6 is 24.0 Å². The van der Waals surface area contributed by atoms with E-state index in [-0.39, 0.29) is 35.9 Å². The predicted octanol–water partition coefficient (Wildman–Crippen LogP) is 2.76. The summed E-state index contributed by atoms with van der Waals surface area (Å²) in [6.45, 7) is 16.3. The fourth-order valence-electron chi connectivity index (χ4n) is 3.49. The van der Waals surface area contributed by atoms with Gasteiger partial charge in [-0.2, -0.15) is 0 Å². The van der Waals surface area contributed by atoms with Gasteiger partial charge in [0.15, 0.2) is 5.96 Å². The van der Waals surface area contributed by atoms with E-state index in [2.05, 4.69) is 47.1 Å². The van der Waals surface area contributed by atoms with Gasteiger partial charge in [0.05, 0.1) is 13.0 Å². The van der Waals surface area contributed by atoms with E-state index >= 15 is 0 Å². The van der Waals surface area contributed by atoms with Crippen molar-refractivity contribution in [1.82, 2.24) is 15.1 Å². The summed E-state index contributed by atoms with van der Waals surface area (Å²) in [5.41, 5.74) is 0. The number of nitrogens with zero attached hydrogens (tertiary/aromatic N) is 3. The summed E-state index contributed by atoms with van der Waals surface area (Å²) < 4.78 is 4.86. The molecule has 1 heterocycles. The Bertz CT molecular complexity index is 478. The fourth-order valence-corrected chi connectivity index (χ4v) is 3.49. The molecule has 0 aromatic carbocycles. The number of aliphatic imine (C=N–C) groups is 1. The van der Waals surface area contributed by atoms with Crippen molar-refractivity contribution >= 4 is 35.9 Å². The van der Waals surface area contributed by atoms with Gasteiger partial charge in [0.25, 0.3) is 0 Å². The molecule has 0 aromatic rings. The number of piperidine rings is 1. The van der Waals surface area contributed by atoms with Gasteiger partial charge >= 0.3 is 5.97 Å². The van der Waals surface area contributed by atoms with E-state index in [9.17, 15) is 4.79 Å². The molecule has 0 saturated carbocycles. The van der Waals surface area contributed by atoms with Crippen molar-refractivity contribution in [3.63, 3.8) is 0 Å². The zero-order chi connectivity index (χ0) is 19.5. The Kier molecular flexibility index (Phi) is 13.4. The Balaban J connectivity index is 0.00000676. The monoisotopic (exact) mass is 492 g/mol. The summed E-state index contributed by atoms with van der Waals surface area (Å²) >= 11 is 0.